The highest BCUT2D eigenvalue weighted by molar-refractivity contribution is 5.90. The van der Waals surface area contributed by atoms with Crippen LogP contribution in [0.1, 0.15) is 71.6 Å². The van der Waals surface area contributed by atoms with E-state index in [1.165, 1.54) is 32.1 Å². The Bertz CT molecular complexity index is 402. The zero-order valence-electron chi connectivity index (χ0n) is 14.7. The molecule has 0 aromatic rings. The van der Waals surface area contributed by atoms with E-state index in [1.54, 1.807) is 19.9 Å². The van der Waals surface area contributed by atoms with Crippen LogP contribution >= 0.6 is 0 Å². The lowest BCUT2D eigenvalue weighted by atomic mass is 10.0. The minimum atomic E-state index is -1.19. The number of allylic oxidation sites excluding steroid dienone is 2. The molecule has 130 valence electrons. The van der Waals surface area contributed by atoms with E-state index in [0.29, 0.717) is 0 Å². The lowest BCUT2D eigenvalue weighted by molar-refractivity contribution is -0.143. The number of carbonyl (C=O) groups is 1. The molecule has 0 unspecified atom stereocenters. The number of unbranched alkanes of at least 4 members (excludes halogenated alkanes) is 8. The van der Waals surface area contributed by atoms with Gasteiger partial charge in [0, 0.05) is 0 Å². The molecule has 3 nitrogen and oxygen atoms in total. The summed E-state index contributed by atoms with van der Waals surface area (Å²) < 4.78 is 5.11. The van der Waals surface area contributed by atoms with Crippen LogP contribution < -0.4 is 0 Å². The summed E-state index contributed by atoms with van der Waals surface area (Å²) in [5, 5.41) is 9.73. The van der Waals surface area contributed by atoms with E-state index < -0.39 is 12.1 Å². The van der Waals surface area contributed by atoms with E-state index in [-0.39, 0.29) is 11.7 Å². The molecule has 1 N–H and O–H groups in total. The van der Waals surface area contributed by atoms with Gasteiger partial charge in [0.2, 0.25) is 0 Å². The zero-order valence-corrected chi connectivity index (χ0v) is 14.7. The van der Waals surface area contributed by atoms with Gasteiger partial charge in [-0.25, -0.2) is 4.79 Å². The Hall–Kier alpha value is -1.53. The Morgan fingerprint density at radius 3 is 2.13 bits per heavy atom. The second kappa shape index (κ2) is 14.1. The highest BCUT2D eigenvalue weighted by Gasteiger charge is 2.18. The highest BCUT2D eigenvalue weighted by Crippen LogP contribution is 2.13. The average molecular weight is 320 g/mol. The summed E-state index contributed by atoms with van der Waals surface area (Å²) in [6.45, 7) is 7.26. The van der Waals surface area contributed by atoms with Crippen molar-refractivity contribution in [2.45, 2.75) is 83.8 Å². The van der Waals surface area contributed by atoms with Crippen LogP contribution in [0.15, 0.2) is 24.3 Å². The van der Waals surface area contributed by atoms with Gasteiger partial charge in [-0.3, -0.25) is 0 Å². The van der Waals surface area contributed by atoms with Crippen LogP contribution in [0.3, 0.4) is 0 Å². The Morgan fingerprint density at radius 2 is 1.65 bits per heavy atom. The molecule has 0 aliphatic carbocycles. The number of aliphatic hydroxyl groups is 1. The topological polar surface area (TPSA) is 46.5 Å². The van der Waals surface area contributed by atoms with Gasteiger partial charge in [-0.1, -0.05) is 50.2 Å². The van der Waals surface area contributed by atoms with Crippen molar-refractivity contribution in [2.24, 2.45) is 0 Å². The molecule has 3 heteroatoms. The smallest absolute Gasteiger partial charge is 0.337 e. The number of rotatable bonds is 13. The Morgan fingerprint density at radius 1 is 1.13 bits per heavy atom. The minimum Gasteiger partial charge on any atom is -0.460 e. The number of carbonyl (C=O) groups excluding carboxylic acids is 1. The monoisotopic (exact) mass is 320 g/mol. The first-order valence-corrected chi connectivity index (χ1v) is 8.69. The molecule has 0 aliphatic heterocycles. The molecule has 0 spiro atoms. The van der Waals surface area contributed by atoms with Gasteiger partial charge in [-0.05, 0) is 39.5 Å². The normalized spacial score (nSPS) is 12.7. The third kappa shape index (κ3) is 11.7. The molecule has 0 fully saturated rings. The number of hydrogen-bond acceptors (Lipinski definition) is 3. The first-order chi connectivity index (χ1) is 11.0. The first kappa shape index (κ1) is 21.5. The fourth-order valence-electron chi connectivity index (χ4n) is 2.25. The standard InChI is InChI=1S/C20H32O3/c1-5-7-8-9-10-11-12-13-14-15-16-18(19(21)6-2)20(22)23-17(3)4/h2,5,16-17,19,21H,1,7-15H2,3-4H3/b18-16+/t19-/m1/s1. The maximum absolute atomic E-state index is 11.9. The SMILES string of the molecule is C#C[C@@H](O)/C(=C\CCCCCCCCCC=C)C(=O)OC(C)C. The van der Waals surface area contributed by atoms with Gasteiger partial charge >= 0.3 is 5.97 Å². The fraction of sp³-hybridized carbons (Fsp3) is 0.650. The van der Waals surface area contributed by atoms with E-state index in [2.05, 4.69) is 12.5 Å². The molecule has 0 radical (unpaired) electrons. The van der Waals surface area contributed by atoms with E-state index in [1.807, 2.05) is 6.08 Å². The van der Waals surface area contributed by atoms with Crippen LogP contribution in [0.25, 0.3) is 0 Å². The second-order valence-corrected chi connectivity index (χ2v) is 6.02. The van der Waals surface area contributed by atoms with Crippen LogP contribution in [0, 0.1) is 12.3 Å². The van der Waals surface area contributed by atoms with Crippen LogP contribution in [0.4, 0.5) is 0 Å². The van der Waals surface area contributed by atoms with Crippen LogP contribution in [-0.2, 0) is 9.53 Å². The molecule has 0 amide bonds. The summed E-state index contributed by atoms with van der Waals surface area (Å²) in [6.07, 6.45) is 17.7. The van der Waals surface area contributed by atoms with Gasteiger partial charge in [0.1, 0.15) is 6.10 Å². The van der Waals surface area contributed by atoms with Crippen molar-refractivity contribution in [1.82, 2.24) is 0 Å². The molecule has 1 atom stereocenters. The summed E-state index contributed by atoms with van der Waals surface area (Å²) >= 11 is 0. The molecular formula is C20H32O3. The van der Waals surface area contributed by atoms with E-state index >= 15 is 0 Å². The summed E-state index contributed by atoms with van der Waals surface area (Å²) in [7, 11) is 0. The summed E-state index contributed by atoms with van der Waals surface area (Å²) in [5.41, 5.74) is 0.186. The predicted molar refractivity (Wildman–Crippen MR) is 95.9 cm³/mol. The molecule has 0 saturated carbocycles. The van der Waals surface area contributed by atoms with Gasteiger partial charge in [0.25, 0.3) is 0 Å². The minimum absolute atomic E-state index is 0.186. The van der Waals surface area contributed by atoms with Crippen molar-refractivity contribution >= 4 is 5.97 Å². The van der Waals surface area contributed by atoms with Crippen molar-refractivity contribution in [1.29, 1.82) is 0 Å². The molecule has 0 aromatic carbocycles. The van der Waals surface area contributed by atoms with Crippen molar-refractivity contribution < 1.29 is 14.6 Å². The van der Waals surface area contributed by atoms with E-state index in [9.17, 15) is 9.90 Å². The van der Waals surface area contributed by atoms with Crippen molar-refractivity contribution in [2.75, 3.05) is 0 Å². The van der Waals surface area contributed by atoms with Gasteiger partial charge < -0.3 is 9.84 Å². The summed E-state index contributed by atoms with van der Waals surface area (Å²) in [5.74, 6) is 1.66. The molecule has 0 aliphatic rings. The van der Waals surface area contributed by atoms with Gasteiger partial charge in [0.05, 0.1) is 11.7 Å². The van der Waals surface area contributed by atoms with E-state index in [4.69, 9.17) is 11.2 Å². The number of esters is 1. The van der Waals surface area contributed by atoms with E-state index in [0.717, 1.165) is 25.7 Å². The number of ether oxygens (including phenoxy) is 1. The maximum Gasteiger partial charge on any atom is 0.337 e. The molecule has 0 rings (SSSR count). The third-order valence-electron chi connectivity index (χ3n) is 3.51. The van der Waals surface area contributed by atoms with Crippen LogP contribution in [-0.4, -0.2) is 23.3 Å². The Kier molecular flexibility index (Phi) is 13.2. The predicted octanol–water partition coefficient (Wildman–Crippen LogP) is 4.56. The number of terminal acetylenes is 1. The first-order valence-electron chi connectivity index (χ1n) is 8.69. The fourth-order valence-corrected chi connectivity index (χ4v) is 2.25. The third-order valence-corrected chi connectivity index (χ3v) is 3.51. The average Bonchev–Trinajstić information content (AvgIpc) is 2.51. The molecular weight excluding hydrogens is 288 g/mol. The van der Waals surface area contributed by atoms with Gasteiger partial charge in [-0.2, -0.15) is 0 Å². The Labute approximate surface area is 141 Å². The molecule has 0 heterocycles. The van der Waals surface area contributed by atoms with Crippen LogP contribution in [0.2, 0.25) is 0 Å². The van der Waals surface area contributed by atoms with Gasteiger partial charge in [0.15, 0.2) is 0 Å². The largest absolute Gasteiger partial charge is 0.460 e. The van der Waals surface area contributed by atoms with Crippen molar-refractivity contribution in [3.8, 4) is 12.3 Å². The van der Waals surface area contributed by atoms with Crippen molar-refractivity contribution in [3.63, 3.8) is 0 Å². The lowest BCUT2D eigenvalue weighted by Crippen LogP contribution is -2.21. The molecule has 0 bridgehead atoms. The number of aliphatic hydroxyl groups excluding tert-OH is 1. The van der Waals surface area contributed by atoms with Crippen LogP contribution in [0.5, 0.6) is 0 Å². The zero-order chi connectivity index (χ0) is 17.5. The lowest BCUT2D eigenvalue weighted by Gasteiger charge is -2.12. The summed E-state index contributed by atoms with van der Waals surface area (Å²) in [6, 6.07) is 0. The highest BCUT2D eigenvalue weighted by atomic mass is 16.5. The second-order valence-electron chi connectivity index (χ2n) is 6.02. The Balaban J connectivity index is 4.00. The van der Waals surface area contributed by atoms with Crippen molar-refractivity contribution in [3.05, 3.63) is 24.3 Å². The number of hydrogen-bond donors (Lipinski definition) is 1. The quantitative estimate of drug-likeness (QED) is 0.178. The molecule has 0 saturated heterocycles. The summed E-state index contributed by atoms with van der Waals surface area (Å²) in [4.78, 5) is 11.9. The van der Waals surface area contributed by atoms with Gasteiger partial charge in [-0.15, -0.1) is 13.0 Å². The molecule has 0 aromatic heterocycles. The molecule has 23 heavy (non-hydrogen) atoms. The maximum atomic E-state index is 11.9.